The minimum atomic E-state index is -0.117. The Bertz CT molecular complexity index is 1040. The Kier molecular flexibility index (Phi) is 7.29. The average molecular weight is 449 g/mol. The van der Waals surface area contributed by atoms with Gasteiger partial charge in [0.05, 0.1) is 18.2 Å². The van der Waals surface area contributed by atoms with E-state index < -0.39 is 0 Å². The number of urea groups is 1. The summed E-state index contributed by atoms with van der Waals surface area (Å²) in [4.78, 5) is 15.0. The lowest BCUT2D eigenvalue weighted by Crippen LogP contribution is -2.45. The number of hydrogen-bond acceptors (Lipinski definition) is 4. The zero-order valence-corrected chi connectivity index (χ0v) is 19.5. The van der Waals surface area contributed by atoms with E-state index in [-0.39, 0.29) is 18.2 Å². The van der Waals surface area contributed by atoms with Crippen LogP contribution in [0.25, 0.3) is 11.3 Å². The molecule has 1 N–H and O–H groups in total. The van der Waals surface area contributed by atoms with Gasteiger partial charge in [0.15, 0.2) is 0 Å². The molecule has 33 heavy (non-hydrogen) atoms. The summed E-state index contributed by atoms with van der Waals surface area (Å²) >= 11 is 0. The molecule has 2 heterocycles. The molecule has 4 rings (SSSR count). The number of carbonyl (C=O) groups is 1. The molecule has 1 fully saturated rings. The van der Waals surface area contributed by atoms with Crippen LogP contribution in [-0.4, -0.2) is 46.0 Å². The molecule has 0 unspecified atom stereocenters. The van der Waals surface area contributed by atoms with Gasteiger partial charge in [-0.25, -0.2) is 9.48 Å². The van der Waals surface area contributed by atoms with Crippen LogP contribution in [-0.2, 0) is 18.3 Å². The summed E-state index contributed by atoms with van der Waals surface area (Å²) in [6.45, 7) is 5.55. The van der Waals surface area contributed by atoms with Gasteiger partial charge in [0, 0.05) is 31.8 Å². The van der Waals surface area contributed by atoms with Gasteiger partial charge in [0.1, 0.15) is 11.4 Å². The monoisotopic (exact) mass is 448 g/mol. The summed E-state index contributed by atoms with van der Waals surface area (Å²) in [6.07, 6.45) is 2.02. The van der Waals surface area contributed by atoms with Gasteiger partial charge in [-0.05, 0) is 38.8 Å². The number of aryl methyl sites for hydroxylation is 1. The minimum Gasteiger partial charge on any atom is -0.439 e. The Morgan fingerprint density at radius 3 is 2.52 bits per heavy atom. The Morgan fingerprint density at radius 1 is 1.18 bits per heavy atom. The van der Waals surface area contributed by atoms with E-state index in [1.54, 1.807) is 4.68 Å². The van der Waals surface area contributed by atoms with Crippen LogP contribution in [0.2, 0.25) is 0 Å². The predicted molar refractivity (Wildman–Crippen MR) is 128 cm³/mol. The minimum absolute atomic E-state index is 0.0343. The molecular weight excluding hydrogens is 416 g/mol. The first-order valence-electron chi connectivity index (χ1n) is 11.5. The van der Waals surface area contributed by atoms with Crippen molar-refractivity contribution < 1.29 is 14.3 Å². The van der Waals surface area contributed by atoms with E-state index in [4.69, 9.17) is 14.6 Å². The zero-order valence-electron chi connectivity index (χ0n) is 19.5. The smallest absolute Gasteiger partial charge is 0.317 e. The Labute approximate surface area is 195 Å². The van der Waals surface area contributed by atoms with Gasteiger partial charge in [-0.1, -0.05) is 48.5 Å². The molecule has 1 aliphatic heterocycles. The molecule has 1 aromatic heterocycles. The molecule has 2 aromatic carbocycles. The second-order valence-corrected chi connectivity index (χ2v) is 8.66. The summed E-state index contributed by atoms with van der Waals surface area (Å²) in [5, 5.41) is 7.82. The number of amides is 2. The molecule has 1 aliphatic rings. The second-order valence-electron chi connectivity index (χ2n) is 8.66. The summed E-state index contributed by atoms with van der Waals surface area (Å²) in [7, 11) is 1.87. The third-order valence-corrected chi connectivity index (χ3v) is 5.59. The van der Waals surface area contributed by atoms with Gasteiger partial charge in [-0.3, -0.25) is 0 Å². The second kappa shape index (κ2) is 10.5. The molecule has 174 valence electrons. The van der Waals surface area contributed by atoms with Crippen molar-refractivity contribution in [2.75, 3.05) is 13.2 Å². The van der Waals surface area contributed by atoms with Gasteiger partial charge >= 0.3 is 6.03 Å². The van der Waals surface area contributed by atoms with Gasteiger partial charge in [0.25, 0.3) is 0 Å². The van der Waals surface area contributed by atoms with Gasteiger partial charge < -0.3 is 19.7 Å². The molecule has 0 aliphatic carbocycles. The van der Waals surface area contributed by atoms with Crippen molar-refractivity contribution in [1.29, 1.82) is 0 Å². The fourth-order valence-electron chi connectivity index (χ4n) is 4.03. The molecule has 0 radical (unpaired) electrons. The van der Waals surface area contributed by atoms with Crippen LogP contribution in [0.5, 0.6) is 11.6 Å². The van der Waals surface area contributed by atoms with Crippen LogP contribution in [0.4, 0.5) is 4.79 Å². The number of para-hydroxylation sites is 1. The first kappa shape index (κ1) is 22.9. The third kappa shape index (κ3) is 5.73. The maximum atomic E-state index is 13.2. The number of rotatable bonds is 8. The highest BCUT2D eigenvalue weighted by Gasteiger charge is 2.28. The largest absolute Gasteiger partial charge is 0.439 e. The van der Waals surface area contributed by atoms with Crippen molar-refractivity contribution in [3.8, 4) is 22.9 Å². The van der Waals surface area contributed by atoms with Crippen LogP contribution < -0.4 is 10.1 Å². The highest BCUT2D eigenvalue weighted by molar-refractivity contribution is 5.75. The van der Waals surface area contributed by atoms with E-state index >= 15 is 0 Å². The van der Waals surface area contributed by atoms with Crippen molar-refractivity contribution in [3.05, 3.63) is 66.2 Å². The van der Waals surface area contributed by atoms with E-state index in [1.807, 2.05) is 86.5 Å². The van der Waals surface area contributed by atoms with E-state index in [2.05, 4.69) is 5.32 Å². The van der Waals surface area contributed by atoms with Gasteiger partial charge in [-0.2, -0.15) is 5.10 Å². The fraction of sp³-hybridized carbons (Fsp3) is 0.385. The Balaban J connectivity index is 1.72. The lowest BCUT2D eigenvalue weighted by atomic mass is 10.1. The number of ether oxygens (including phenoxy) is 2. The normalized spacial score (nSPS) is 15.6. The van der Waals surface area contributed by atoms with Crippen LogP contribution in [0.15, 0.2) is 60.7 Å². The fourth-order valence-corrected chi connectivity index (χ4v) is 4.03. The van der Waals surface area contributed by atoms with Crippen LogP contribution in [0.3, 0.4) is 0 Å². The van der Waals surface area contributed by atoms with Crippen molar-refractivity contribution in [1.82, 2.24) is 20.0 Å². The lowest BCUT2D eigenvalue weighted by molar-refractivity contribution is 0.0789. The number of nitrogens with zero attached hydrogens (tertiary/aromatic N) is 3. The molecule has 3 aromatic rings. The zero-order chi connectivity index (χ0) is 23.2. The average Bonchev–Trinajstić information content (AvgIpc) is 3.43. The van der Waals surface area contributed by atoms with E-state index in [0.717, 1.165) is 42.0 Å². The summed E-state index contributed by atoms with van der Waals surface area (Å²) in [6, 6.07) is 19.6. The third-order valence-electron chi connectivity index (χ3n) is 5.59. The Morgan fingerprint density at radius 2 is 1.88 bits per heavy atom. The molecule has 7 heteroatoms. The molecule has 1 saturated heterocycles. The van der Waals surface area contributed by atoms with Crippen LogP contribution in [0, 0.1) is 0 Å². The molecule has 0 bridgehead atoms. The number of hydrogen-bond donors (Lipinski definition) is 1. The molecule has 2 amide bonds. The van der Waals surface area contributed by atoms with Crippen LogP contribution >= 0.6 is 0 Å². The Hall–Kier alpha value is -3.32. The SMILES string of the molecule is CC(C)NC(=O)N(Cc1c(-c2ccccc2)nn(C)c1Oc1ccccc1)C[C@H]1CCCO1. The summed E-state index contributed by atoms with van der Waals surface area (Å²) in [5.41, 5.74) is 2.65. The first-order valence-corrected chi connectivity index (χ1v) is 11.5. The number of aromatic nitrogens is 2. The lowest BCUT2D eigenvalue weighted by Gasteiger charge is -2.27. The van der Waals surface area contributed by atoms with Crippen molar-refractivity contribution in [2.45, 2.75) is 45.4 Å². The standard InChI is InChI=1S/C26H32N4O3/c1-19(2)27-26(31)30(17-22-15-10-16-32-22)18-23-24(20-11-6-4-7-12-20)28-29(3)25(23)33-21-13-8-5-9-14-21/h4-9,11-14,19,22H,10,15-18H2,1-3H3,(H,27,31)/t22-/m1/s1. The molecule has 0 saturated carbocycles. The van der Waals surface area contributed by atoms with E-state index in [9.17, 15) is 4.79 Å². The maximum Gasteiger partial charge on any atom is 0.317 e. The first-order chi connectivity index (χ1) is 16.0. The van der Waals surface area contributed by atoms with Crippen molar-refractivity contribution >= 4 is 6.03 Å². The molecule has 0 spiro atoms. The summed E-state index contributed by atoms with van der Waals surface area (Å²) in [5.74, 6) is 1.34. The van der Waals surface area contributed by atoms with Crippen molar-refractivity contribution in [2.24, 2.45) is 7.05 Å². The summed E-state index contributed by atoms with van der Waals surface area (Å²) < 4.78 is 13.9. The van der Waals surface area contributed by atoms with E-state index in [0.29, 0.717) is 19.0 Å². The molecular formula is C26H32N4O3. The quantitative estimate of drug-likeness (QED) is 0.528. The van der Waals surface area contributed by atoms with E-state index in [1.165, 1.54) is 0 Å². The number of carbonyl (C=O) groups excluding carboxylic acids is 1. The predicted octanol–water partition coefficient (Wildman–Crippen LogP) is 4.98. The number of benzene rings is 2. The number of nitrogens with one attached hydrogen (secondary N) is 1. The van der Waals surface area contributed by atoms with Crippen LogP contribution in [0.1, 0.15) is 32.3 Å². The maximum absolute atomic E-state index is 13.2. The molecule has 7 nitrogen and oxygen atoms in total. The van der Waals surface area contributed by atoms with Gasteiger partial charge in [0.2, 0.25) is 5.88 Å². The topological polar surface area (TPSA) is 68.6 Å². The molecule has 1 atom stereocenters. The highest BCUT2D eigenvalue weighted by Crippen LogP contribution is 2.34. The highest BCUT2D eigenvalue weighted by atomic mass is 16.5. The van der Waals surface area contributed by atoms with Gasteiger partial charge in [-0.15, -0.1) is 0 Å². The van der Waals surface area contributed by atoms with Crippen molar-refractivity contribution in [3.63, 3.8) is 0 Å².